The zero-order valence-corrected chi connectivity index (χ0v) is 22.1. The third kappa shape index (κ3) is 4.95. The van der Waals surface area contributed by atoms with Crippen molar-refractivity contribution in [3.8, 4) is 11.3 Å². The van der Waals surface area contributed by atoms with E-state index >= 15 is 0 Å². The molecule has 1 aromatic heterocycles. The number of nitrogens with one attached hydrogen (secondary N) is 2. The summed E-state index contributed by atoms with van der Waals surface area (Å²) in [4.78, 5) is 25.2. The Bertz CT molecular complexity index is 1660. The van der Waals surface area contributed by atoms with Crippen LogP contribution in [0.5, 0.6) is 0 Å². The van der Waals surface area contributed by atoms with E-state index in [-0.39, 0.29) is 17.0 Å². The molecule has 4 rings (SSSR count). The average molecular weight is 510 g/mol. The summed E-state index contributed by atoms with van der Waals surface area (Å²) in [5, 5.41) is 21.4. The van der Waals surface area contributed by atoms with Gasteiger partial charge in [-0.2, -0.15) is 0 Å². The van der Waals surface area contributed by atoms with Crippen molar-refractivity contribution >= 4 is 33.9 Å². The molecule has 0 aliphatic carbocycles. The van der Waals surface area contributed by atoms with Crippen LogP contribution >= 0.6 is 0 Å². The molecule has 5 N–H and O–H groups in total. The van der Waals surface area contributed by atoms with E-state index in [2.05, 4.69) is 5.32 Å². The first-order valence-electron chi connectivity index (χ1n) is 12.3. The van der Waals surface area contributed by atoms with Crippen LogP contribution in [-0.2, 0) is 0 Å². The van der Waals surface area contributed by atoms with Crippen LogP contribution in [0.3, 0.4) is 0 Å². The number of rotatable bonds is 7. The lowest BCUT2D eigenvalue weighted by molar-refractivity contribution is 0.0698. The lowest BCUT2D eigenvalue weighted by atomic mass is 9.96. The molecule has 0 bridgehead atoms. The van der Waals surface area contributed by atoms with Gasteiger partial charge in [-0.05, 0) is 63.9 Å². The van der Waals surface area contributed by atoms with Gasteiger partial charge in [-0.25, -0.2) is 4.79 Å². The molecule has 4 aromatic rings. The zero-order valence-electron chi connectivity index (χ0n) is 22.1. The van der Waals surface area contributed by atoms with Gasteiger partial charge >= 0.3 is 5.97 Å². The lowest BCUT2D eigenvalue weighted by Gasteiger charge is -2.20. The number of carboxylic acid groups (broad SMARTS) is 1. The van der Waals surface area contributed by atoms with Crippen molar-refractivity contribution in [3.05, 3.63) is 104 Å². The number of hydrogen-bond donors (Lipinski definition) is 4. The fourth-order valence-corrected chi connectivity index (χ4v) is 4.80. The van der Waals surface area contributed by atoms with Gasteiger partial charge in [-0.15, -0.1) is 0 Å². The molecule has 0 saturated carbocycles. The van der Waals surface area contributed by atoms with Gasteiger partial charge in [0, 0.05) is 39.4 Å². The average Bonchev–Trinajstić information content (AvgIpc) is 2.86. The van der Waals surface area contributed by atoms with Crippen LogP contribution in [0.4, 0.5) is 5.69 Å². The molecule has 0 aliphatic rings. The molecule has 0 amide bonds. The lowest BCUT2D eigenvalue weighted by Crippen LogP contribution is -2.14. The van der Waals surface area contributed by atoms with Crippen molar-refractivity contribution in [2.24, 2.45) is 5.73 Å². The molecule has 7 heteroatoms. The molecule has 7 nitrogen and oxygen atoms in total. The van der Waals surface area contributed by atoms with E-state index in [1.165, 1.54) is 0 Å². The number of anilines is 1. The highest BCUT2D eigenvalue weighted by molar-refractivity contribution is 6.21. The van der Waals surface area contributed by atoms with E-state index in [0.717, 1.165) is 22.3 Å². The number of fused-ring (bicyclic) bond motifs is 1. The maximum Gasteiger partial charge on any atom is 0.337 e. The fraction of sp³-hybridized carbons (Fsp3) is 0.194. The van der Waals surface area contributed by atoms with Crippen molar-refractivity contribution in [3.63, 3.8) is 0 Å². The number of allylic oxidation sites excluding steroid dienone is 2. The molecule has 0 aliphatic heterocycles. The van der Waals surface area contributed by atoms with E-state index in [1.807, 2.05) is 50.2 Å². The Morgan fingerprint density at radius 2 is 1.71 bits per heavy atom. The number of hydrogen-bond acceptors (Lipinski definition) is 6. The third-order valence-corrected chi connectivity index (χ3v) is 6.59. The topological polar surface area (TPSA) is 129 Å². The summed E-state index contributed by atoms with van der Waals surface area (Å²) in [5.41, 5.74) is 12.3. The Morgan fingerprint density at radius 3 is 2.32 bits per heavy atom. The summed E-state index contributed by atoms with van der Waals surface area (Å²) >= 11 is 0. The minimum Gasteiger partial charge on any atom is -0.478 e. The van der Waals surface area contributed by atoms with Crippen molar-refractivity contribution in [2.75, 3.05) is 5.32 Å². The number of nitrogens with two attached hydrogens (primary N) is 1. The largest absolute Gasteiger partial charge is 0.478 e. The predicted octanol–water partition coefficient (Wildman–Crippen LogP) is 6.68. The van der Waals surface area contributed by atoms with E-state index in [9.17, 15) is 14.7 Å². The number of carboxylic acids is 1. The Balaban J connectivity index is 1.85. The van der Waals surface area contributed by atoms with Crippen molar-refractivity contribution in [2.45, 2.75) is 40.7 Å². The van der Waals surface area contributed by atoms with Crippen molar-refractivity contribution in [1.82, 2.24) is 0 Å². The van der Waals surface area contributed by atoms with Crippen LogP contribution in [0, 0.1) is 19.3 Å². The van der Waals surface area contributed by atoms with E-state index in [4.69, 9.17) is 15.6 Å². The summed E-state index contributed by atoms with van der Waals surface area (Å²) in [5.74, 6) is -0.567. The van der Waals surface area contributed by atoms with Crippen molar-refractivity contribution < 1.29 is 14.3 Å². The molecular weight excluding hydrogens is 478 g/mol. The van der Waals surface area contributed by atoms with E-state index in [1.54, 1.807) is 45.0 Å². The molecule has 0 fully saturated rings. The minimum absolute atomic E-state index is 0.123. The monoisotopic (exact) mass is 509 g/mol. The number of aromatic carboxylic acids is 1. The van der Waals surface area contributed by atoms with Crippen LogP contribution in [0.2, 0.25) is 0 Å². The van der Waals surface area contributed by atoms with Crippen molar-refractivity contribution in [1.29, 1.82) is 5.41 Å². The highest BCUT2D eigenvalue weighted by Crippen LogP contribution is 2.33. The minimum atomic E-state index is -1.02. The summed E-state index contributed by atoms with van der Waals surface area (Å²) in [7, 11) is 0. The van der Waals surface area contributed by atoms with E-state index < -0.39 is 5.97 Å². The second-order valence-electron chi connectivity index (χ2n) is 9.59. The molecule has 1 heterocycles. The first-order valence-corrected chi connectivity index (χ1v) is 12.3. The maximum atomic E-state index is 13.5. The number of para-hydroxylation sites is 1. The van der Waals surface area contributed by atoms with Crippen LogP contribution in [0.25, 0.3) is 27.9 Å². The molecular formula is C31H31N3O4. The number of aryl methyl sites for hydroxylation is 1. The van der Waals surface area contributed by atoms with Crippen LogP contribution < -0.4 is 16.5 Å². The second kappa shape index (κ2) is 10.4. The van der Waals surface area contributed by atoms with Gasteiger partial charge in [-0.1, -0.05) is 42.5 Å². The molecule has 0 spiro atoms. The molecule has 1 unspecified atom stereocenters. The van der Waals surface area contributed by atoms with Gasteiger partial charge in [0.15, 0.2) is 5.43 Å². The summed E-state index contributed by atoms with van der Waals surface area (Å²) in [6, 6.07) is 17.6. The van der Waals surface area contributed by atoms with Gasteiger partial charge < -0.3 is 26.0 Å². The molecule has 0 radical (unpaired) electrons. The SMILES string of the molecule is CC(=N)/C(=C(/C)N)c1ccc(-c2oc3c(C(C)Nc4ccccc4C(=O)O)cc(C)cc3c(=O)c2C)cc1. The Labute approximate surface area is 221 Å². The molecule has 38 heavy (non-hydrogen) atoms. The summed E-state index contributed by atoms with van der Waals surface area (Å²) in [6.45, 7) is 9.03. The van der Waals surface area contributed by atoms with Crippen LogP contribution in [-0.4, -0.2) is 16.8 Å². The smallest absolute Gasteiger partial charge is 0.337 e. The molecule has 1 atom stereocenters. The van der Waals surface area contributed by atoms with E-state index in [0.29, 0.717) is 45.0 Å². The zero-order chi connectivity index (χ0) is 27.7. The number of benzene rings is 3. The maximum absolute atomic E-state index is 13.5. The molecule has 3 aromatic carbocycles. The van der Waals surface area contributed by atoms with Crippen LogP contribution in [0.15, 0.2) is 75.6 Å². The standard InChI is InChI=1S/C31H31N3O4/c1-16-14-24(20(5)34-26-9-7-6-8-23(26)31(36)37)30-25(15-16)28(35)17(2)29(38-30)22-12-10-21(11-13-22)27(18(3)32)19(4)33/h6-15,20,32,34H,33H2,1-5H3,(H,36,37)/b27-19+,32-18?. The van der Waals surface area contributed by atoms with Crippen LogP contribution in [0.1, 0.15) is 59.4 Å². The predicted molar refractivity (Wildman–Crippen MR) is 153 cm³/mol. The summed E-state index contributed by atoms with van der Waals surface area (Å²) < 4.78 is 6.44. The molecule has 194 valence electrons. The first-order chi connectivity index (χ1) is 18.0. The molecule has 0 saturated heterocycles. The fourth-order valence-electron chi connectivity index (χ4n) is 4.80. The number of carbonyl (C=O) groups is 1. The normalized spacial score (nSPS) is 12.7. The van der Waals surface area contributed by atoms with Gasteiger partial charge in [0.05, 0.1) is 17.0 Å². The second-order valence-corrected chi connectivity index (χ2v) is 9.59. The quantitative estimate of drug-likeness (QED) is 0.206. The highest BCUT2D eigenvalue weighted by Gasteiger charge is 2.20. The van der Waals surface area contributed by atoms with Gasteiger partial charge in [-0.3, -0.25) is 4.79 Å². The third-order valence-electron chi connectivity index (χ3n) is 6.59. The van der Waals surface area contributed by atoms with Gasteiger partial charge in [0.2, 0.25) is 0 Å². The van der Waals surface area contributed by atoms with Gasteiger partial charge in [0.1, 0.15) is 11.3 Å². The Hall–Kier alpha value is -4.65. The summed E-state index contributed by atoms with van der Waals surface area (Å²) in [6.07, 6.45) is 0. The first kappa shape index (κ1) is 26.4. The highest BCUT2D eigenvalue weighted by atomic mass is 16.4. The Kier molecular flexibility index (Phi) is 7.21. The Morgan fingerprint density at radius 1 is 1.05 bits per heavy atom. The van der Waals surface area contributed by atoms with Gasteiger partial charge in [0.25, 0.3) is 0 Å².